The van der Waals surface area contributed by atoms with Gasteiger partial charge in [-0.05, 0) is 24.0 Å². The Morgan fingerprint density at radius 1 is 0.641 bits per heavy atom. The van der Waals surface area contributed by atoms with Gasteiger partial charge >= 0.3 is 70.8 Å². The van der Waals surface area contributed by atoms with Gasteiger partial charge in [0.25, 0.3) is 0 Å². The second-order valence-corrected chi connectivity index (χ2v) is 16.7. The maximum absolute atomic E-state index is 3.32. The first-order chi connectivity index (χ1) is 17.9. The second kappa shape index (κ2) is 18.6. The van der Waals surface area contributed by atoms with Crippen molar-refractivity contribution < 1.29 is 48.1 Å². The Bertz CT molecular complexity index is 1220. The molecular weight excluding hydrogens is 611 g/mol. The summed E-state index contributed by atoms with van der Waals surface area (Å²) in [5, 5.41) is 1.56. The number of hydrogen-bond donors (Lipinski definition) is 0. The third-order valence-electron chi connectivity index (χ3n) is 6.71. The molecule has 0 atom stereocenters. The molecule has 0 saturated heterocycles. The third kappa shape index (κ3) is 11.0. The Balaban J connectivity index is 0.000000292. The fourth-order valence-corrected chi connectivity index (χ4v) is 6.23. The van der Waals surface area contributed by atoms with Gasteiger partial charge in [-0.25, -0.2) is 11.1 Å². The number of benzene rings is 3. The van der Waals surface area contributed by atoms with Gasteiger partial charge in [0.05, 0.1) is 0 Å². The topological polar surface area (TPSA) is 0 Å². The van der Waals surface area contributed by atoms with Crippen LogP contribution in [0, 0.1) is 12.2 Å². The zero-order valence-electron chi connectivity index (χ0n) is 23.7. The van der Waals surface area contributed by atoms with Crippen molar-refractivity contribution >= 4 is 21.8 Å². The van der Waals surface area contributed by atoms with E-state index in [0.29, 0.717) is 0 Å². The first kappa shape index (κ1) is 35.3. The molecule has 202 valence electrons. The average molecular weight is 649 g/mol. The van der Waals surface area contributed by atoms with Gasteiger partial charge in [0.2, 0.25) is 0 Å². The quantitative estimate of drug-likeness (QED) is 0.295. The van der Waals surface area contributed by atoms with Crippen LogP contribution in [0.25, 0.3) is 11.1 Å². The van der Waals surface area contributed by atoms with Gasteiger partial charge in [-0.15, -0.1) is 24.0 Å². The molecule has 3 aromatic rings. The molecule has 0 bridgehead atoms. The molecular formula is C35H38Cl2SiZr-2. The maximum atomic E-state index is 3.32. The Kier molecular flexibility index (Phi) is 16.9. The number of aryl methyl sites for hydroxylation is 2. The molecule has 0 heterocycles. The van der Waals surface area contributed by atoms with Gasteiger partial charge in [-0.2, -0.15) is 23.3 Å². The zero-order chi connectivity index (χ0) is 26.6. The predicted molar refractivity (Wildman–Crippen MR) is 159 cm³/mol. The van der Waals surface area contributed by atoms with E-state index in [0.717, 1.165) is 25.7 Å². The Labute approximate surface area is 264 Å². The first-order valence-electron chi connectivity index (χ1n) is 13.3. The molecule has 4 heteroatoms. The van der Waals surface area contributed by atoms with Crippen molar-refractivity contribution in [1.82, 2.24) is 0 Å². The number of allylic oxidation sites excluding steroid dienone is 8. The molecule has 3 aromatic carbocycles. The van der Waals surface area contributed by atoms with Crippen LogP contribution in [-0.2, 0) is 36.2 Å². The van der Waals surface area contributed by atoms with Crippen LogP contribution in [0.2, 0.25) is 6.55 Å². The minimum atomic E-state index is -0.122. The average Bonchev–Trinajstić information content (AvgIpc) is 3.58. The smallest absolute Gasteiger partial charge is 1.00 e. The van der Waals surface area contributed by atoms with Gasteiger partial charge in [0.15, 0.2) is 0 Å². The van der Waals surface area contributed by atoms with E-state index in [-0.39, 0.29) is 30.2 Å². The van der Waals surface area contributed by atoms with Crippen molar-refractivity contribution in [2.24, 2.45) is 0 Å². The summed E-state index contributed by atoms with van der Waals surface area (Å²) >= 11 is 1.69. The summed E-state index contributed by atoms with van der Waals surface area (Å²) in [6.07, 6.45) is 15.3. The van der Waals surface area contributed by atoms with E-state index in [9.17, 15) is 0 Å². The zero-order valence-corrected chi connectivity index (χ0v) is 28.7. The van der Waals surface area contributed by atoms with Crippen molar-refractivity contribution in [2.75, 3.05) is 0 Å². The number of rotatable bonds is 5. The molecule has 0 aliphatic heterocycles. The predicted octanol–water partition coefficient (Wildman–Crippen LogP) is 2.64. The van der Waals surface area contributed by atoms with Crippen molar-refractivity contribution in [3.05, 3.63) is 137 Å². The van der Waals surface area contributed by atoms with E-state index in [4.69, 9.17) is 0 Å². The van der Waals surface area contributed by atoms with Gasteiger partial charge in [0.1, 0.15) is 0 Å². The SMILES string of the molecule is CCc1ccc(C2=CC[C-]=C2C)cc1.CCc1ccc(C2=CC[C-]=C2C)cc1.C[Si](=[Zr+2])c1ccccc1.[Cl-].[Cl-]. The summed E-state index contributed by atoms with van der Waals surface area (Å²) in [5.41, 5.74) is 10.6. The molecule has 0 radical (unpaired) electrons. The van der Waals surface area contributed by atoms with E-state index >= 15 is 0 Å². The molecule has 0 saturated carbocycles. The van der Waals surface area contributed by atoms with Crippen LogP contribution in [0.3, 0.4) is 0 Å². The monoisotopic (exact) mass is 646 g/mol. The molecule has 0 aromatic heterocycles. The number of hydrogen-bond acceptors (Lipinski definition) is 0. The molecule has 0 amide bonds. The summed E-state index contributed by atoms with van der Waals surface area (Å²) in [6, 6.07) is 28.4. The molecule has 39 heavy (non-hydrogen) atoms. The fourth-order valence-electron chi connectivity index (χ4n) is 4.31. The summed E-state index contributed by atoms with van der Waals surface area (Å²) in [7, 11) is 0. The van der Waals surface area contributed by atoms with Crippen molar-refractivity contribution in [3.8, 4) is 0 Å². The Hall–Kier alpha value is -1.70. The van der Waals surface area contributed by atoms with Crippen LogP contribution in [-0.4, -0.2) is 5.43 Å². The van der Waals surface area contributed by atoms with Crippen LogP contribution >= 0.6 is 0 Å². The van der Waals surface area contributed by atoms with Crippen molar-refractivity contribution in [2.45, 2.75) is 59.9 Å². The minimum Gasteiger partial charge on any atom is -1.00 e. The van der Waals surface area contributed by atoms with E-state index in [1.165, 1.54) is 44.5 Å². The first-order valence-corrected chi connectivity index (χ1v) is 19.0. The van der Waals surface area contributed by atoms with Gasteiger partial charge in [0, 0.05) is 0 Å². The standard InChI is InChI=1S/2C14H15.C7H8Si.2ClH.Zr/c2*1-3-12-7-9-13(10-8-12)14-6-4-5-11(14)2;1-8-7-5-3-2-4-6-7;;;/h2*6-10H,3-4H2,1-2H3;2-6H,1H3;2*1H;/q2*-1;;;;+2/p-2. The van der Waals surface area contributed by atoms with E-state index < -0.39 is 0 Å². The Morgan fingerprint density at radius 3 is 1.28 bits per heavy atom. The molecule has 2 aliphatic rings. The molecule has 0 spiro atoms. The molecule has 5 rings (SSSR count). The summed E-state index contributed by atoms with van der Waals surface area (Å²) in [5.74, 6) is 0. The molecule has 0 fully saturated rings. The molecule has 0 N–H and O–H groups in total. The van der Waals surface area contributed by atoms with Crippen molar-refractivity contribution in [1.29, 1.82) is 0 Å². The van der Waals surface area contributed by atoms with Crippen LogP contribution < -0.4 is 30.0 Å². The largest absolute Gasteiger partial charge is 1.00 e. The molecule has 2 aliphatic carbocycles. The van der Waals surface area contributed by atoms with Crippen LogP contribution in [0.5, 0.6) is 0 Å². The van der Waals surface area contributed by atoms with Gasteiger partial charge in [-0.3, -0.25) is 12.2 Å². The maximum Gasteiger partial charge on any atom is -1.00 e. The van der Waals surface area contributed by atoms with Crippen LogP contribution in [0.4, 0.5) is 0 Å². The van der Waals surface area contributed by atoms with E-state index in [2.05, 4.69) is 137 Å². The molecule has 0 nitrogen and oxygen atoms in total. The van der Waals surface area contributed by atoms with E-state index in [1.54, 1.807) is 28.5 Å². The van der Waals surface area contributed by atoms with E-state index in [1.807, 2.05) is 0 Å². The summed E-state index contributed by atoms with van der Waals surface area (Å²) < 4.78 is 0. The number of halogens is 2. The molecule has 0 unspecified atom stereocenters. The second-order valence-electron chi connectivity index (χ2n) is 9.34. The minimum absolute atomic E-state index is 0. The summed E-state index contributed by atoms with van der Waals surface area (Å²) in [4.78, 5) is 0. The normalized spacial score (nSPS) is 13.1. The fraction of sp³-hybridized carbons (Fsp3) is 0.257. The Morgan fingerprint density at radius 2 is 1.03 bits per heavy atom. The van der Waals surface area contributed by atoms with Crippen LogP contribution in [0.15, 0.2) is 102 Å². The third-order valence-corrected chi connectivity index (χ3v) is 10.0. The van der Waals surface area contributed by atoms with Gasteiger partial charge < -0.3 is 24.8 Å². The van der Waals surface area contributed by atoms with Crippen molar-refractivity contribution in [3.63, 3.8) is 0 Å². The van der Waals surface area contributed by atoms with Gasteiger partial charge in [-0.1, -0.05) is 76.2 Å². The van der Waals surface area contributed by atoms with Crippen LogP contribution in [0.1, 0.15) is 62.8 Å². The summed E-state index contributed by atoms with van der Waals surface area (Å²) in [6.45, 7) is 11.0.